The van der Waals surface area contributed by atoms with Crippen molar-refractivity contribution in [2.75, 3.05) is 0 Å². The Bertz CT molecular complexity index is 2860. The maximum Gasteiger partial charge on any atom is 0.143 e. The molecule has 218 valence electrons. The molecule has 0 spiro atoms. The topological polar surface area (TPSA) is 38.9 Å². The zero-order valence-corrected chi connectivity index (χ0v) is 25.3. The van der Waals surface area contributed by atoms with Crippen LogP contribution in [0.1, 0.15) is 0 Å². The maximum atomic E-state index is 6.84. The van der Waals surface area contributed by atoms with Crippen LogP contribution in [0.2, 0.25) is 0 Å². The van der Waals surface area contributed by atoms with Crippen LogP contribution in [0, 0.1) is 0 Å². The number of aromatic nitrogens is 2. The van der Waals surface area contributed by atoms with Crippen molar-refractivity contribution in [2.45, 2.75) is 0 Å². The van der Waals surface area contributed by atoms with Gasteiger partial charge in [0.05, 0.1) is 16.7 Å². The number of hydrogen-bond donors (Lipinski definition) is 0. The summed E-state index contributed by atoms with van der Waals surface area (Å²) in [6.07, 6.45) is 1.84. The minimum absolute atomic E-state index is 0.913. The van der Waals surface area contributed by atoms with Gasteiger partial charge in [-0.05, 0) is 57.1 Å². The summed E-state index contributed by atoms with van der Waals surface area (Å²) in [4.78, 5) is 9.80. The van der Waals surface area contributed by atoms with Crippen LogP contribution in [0.4, 0.5) is 0 Å². The number of nitrogens with zero attached hydrogens (tertiary/aromatic N) is 2. The third kappa shape index (κ3) is 4.00. The van der Waals surface area contributed by atoms with E-state index in [4.69, 9.17) is 9.40 Å². The predicted octanol–water partition coefficient (Wildman–Crippen LogP) is 12.0. The predicted molar refractivity (Wildman–Crippen MR) is 196 cm³/mol. The van der Waals surface area contributed by atoms with E-state index in [1.165, 1.54) is 21.9 Å². The zero-order valence-electron chi connectivity index (χ0n) is 25.3. The minimum atomic E-state index is 0.913. The molecule has 3 heterocycles. The van der Waals surface area contributed by atoms with Gasteiger partial charge >= 0.3 is 0 Å². The Hall–Kier alpha value is -6.32. The van der Waals surface area contributed by atoms with Gasteiger partial charge in [0.25, 0.3) is 0 Å². The molecule has 10 aromatic rings. The Morgan fingerprint density at radius 3 is 1.98 bits per heavy atom. The van der Waals surface area contributed by atoms with Gasteiger partial charge in [0.1, 0.15) is 11.2 Å². The van der Waals surface area contributed by atoms with E-state index in [9.17, 15) is 0 Å². The Kier molecular flexibility index (Phi) is 5.57. The van der Waals surface area contributed by atoms with Crippen molar-refractivity contribution in [1.29, 1.82) is 0 Å². The van der Waals surface area contributed by atoms with Gasteiger partial charge in [0.2, 0.25) is 0 Å². The van der Waals surface area contributed by atoms with E-state index in [2.05, 4.69) is 151 Å². The third-order valence-electron chi connectivity index (χ3n) is 9.49. The van der Waals surface area contributed by atoms with Gasteiger partial charge in [0.15, 0.2) is 0 Å². The van der Waals surface area contributed by atoms with Gasteiger partial charge in [-0.1, -0.05) is 127 Å². The second-order valence-electron chi connectivity index (χ2n) is 12.1. The van der Waals surface area contributed by atoms with Crippen LogP contribution >= 0.6 is 0 Å². The first-order chi connectivity index (χ1) is 23.3. The lowest BCUT2D eigenvalue weighted by Gasteiger charge is -2.11. The average Bonchev–Trinajstić information content (AvgIpc) is 3.53. The quantitative estimate of drug-likeness (QED) is 0.190. The molecule has 3 heteroatoms. The van der Waals surface area contributed by atoms with E-state index in [0.29, 0.717) is 0 Å². The molecule has 0 radical (unpaired) electrons. The maximum absolute atomic E-state index is 6.84. The van der Waals surface area contributed by atoms with Crippen LogP contribution in [0.15, 0.2) is 162 Å². The Morgan fingerprint density at radius 1 is 0.383 bits per heavy atom. The normalized spacial score (nSPS) is 11.8. The fourth-order valence-corrected chi connectivity index (χ4v) is 7.26. The van der Waals surface area contributed by atoms with Crippen molar-refractivity contribution in [3.63, 3.8) is 0 Å². The highest BCUT2D eigenvalue weighted by molar-refractivity contribution is 6.21. The van der Waals surface area contributed by atoms with Crippen molar-refractivity contribution >= 4 is 65.3 Å². The summed E-state index contributed by atoms with van der Waals surface area (Å²) >= 11 is 0. The third-order valence-corrected chi connectivity index (χ3v) is 9.49. The van der Waals surface area contributed by atoms with Crippen LogP contribution in [0.5, 0.6) is 0 Å². The lowest BCUT2D eigenvalue weighted by Crippen LogP contribution is -1.89. The molecule has 0 fully saturated rings. The van der Waals surface area contributed by atoms with Crippen molar-refractivity contribution < 1.29 is 4.42 Å². The van der Waals surface area contributed by atoms with Crippen LogP contribution in [-0.2, 0) is 0 Å². The van der Waals surface area contributed by atoms with Gasteiger partial charge in [-0.15, -0.1) is 0 Å². The number of pyridine rings is 2. The number of hydrogen-bond acceptors (Lipinski definition) is 3. The van der Waals surface area contributed by atoms with Crippen molar-refractivity contribution in [1.82, 2.24) is 9.97 Å². The second kappa shape index (κ2) is 10.1. The van der Waals surface area contributed by atoms with Crippen LogP contribution in [-0.4, -0.2) is 9.97 Å². The number of rotatable bonds is 3. The van der Waals surface area contributed by atoms with Crippen molar-refractivity contribution in [3.05, 3.63) is 158 Å². The molecule has 7 aromatic carbocycles. The lowest BCUT2D eigenvalue weighted by atomic mass is 9.93. The molecule has 0 aliphatic rings. The number of fused-ring (bicyclic) bond motifs is 9. The Balaban J connectivity index is 1.18. The minimum Gasteiger partial charge on any atom is -0.455 e. The molecule has 0 saturated heterocycles. The molecular weight excluding hydrogens is 572 g/mol. The molecule has 0 amide bonds. The van der Waals surface area contributed by atoms with E-state index >= 15 is 0 Å². The van der Waals surface area contributed by atoms with Gasteiger partial charge < -0.3 is 4.42 Å². The molecule has 47 heavy (non-hydrogen) atoms. The molecule has 0 aliphatic carbocycles. The summed E-state index contributed by atoms with van der Waals surface area (Å²) in [7, 11) is 0. The first-order valence-electron chi connectivity index (χ1n) is 15.9. The summed E-state index contributed by atoms with van der Waals surface area (Å²) < 4.78 is 6.84. The number of benzene rings is 7. The van der Waals surface area contributed by atoms with Gasteiger partial charge in [-0.25, -0.2) is 4.98 Å². The summed E-state index contributed by atoms with van der Waals surface area (Å²) in [5, 5.41) is 9.10. The molecule has 0 unspecified atom stereocenters. The molecule has 3 nitrogen and oxygen atoms in total. The number of para-hydroxylation sites is 1. The summed E-state index contributed by atoms with van der Waals surface area (Å²) in [6.45, 7) is 0. The molecular formula is C44H26N2O. The first-order valence-corrected chi connectivity index (χ1v) is 15.9. The highest BCUT2D eigenvalue weighted by Gasteiger charge is 2.18. The van der Waals surface area contributed by atoms with Crippen LogP contribution in [0.25, 0.3) is 98.8 Å². The van der Waals surface area contributed by atoms with Crippen LogP contribution < -0.4 is 0 Å². The SMILES string of the molecule is c1cc(-c2ccc3ccc4cccnc4c3n2)cc(-c2cc3c4cccc(-c5cccc6ccccc56)c4oc3c3ccccc23)c1. The zero-order chi connectivity index (χ0) is 30.9. The molecule has 0 bridgehead atoms. The second-order valence-corrected chi connectivity index (χ2v) is 12.1. The Labute approximate surface area is 270 Å². The van der Waals surface area contributed by atoms with Crippen molar-refractivity contribution in [3.8, 4) is 33.5 Å². The smallest absolute Gasteiger partial charge is 0.143 e. The van der Waals surface area contributed by atoms with Crippen molar-refractivity contribution in [2.24, 2.45) is 0 Å². The van der Waals surface area contributed by atoms with E-state index in [1.54, 1.807) is 0 Å². The monoisotopic (exact) mass is 598 g/mol. The summed E-state index contributed by atoms with van der Waals surface area (Å²) in [5.41, 5.74) is 10.3. The highest BCUT2D eigenvalue weighted by atomic mass is 16.3. The summed E-state index contributed by atoms with van der Waals surface area (Å²) in [5.74, 6) is 0. The molecule has 0 N–H and O–H groups in total. The van der Waals surface area contributed by atoms with E-state index in [-0.39, 0.29) is 0 Å². The largest absolute Gasteiger partial charge is 0.455 e. The van der Waals surface area contributed by atoms with E-state index < -0.39 is 0 Å². The molecule has 3 aromatic heterocycles. The van der Waals surface area contributed by atoms with Crippen LogP contribution in [0.3, 0.4) is 0 Å². The fraction of sp³-hybridized carbons (Fsp3) is 0. The highest BCUT2D eigenvalue weighted by Crippen LogP contribution is 2.43. The first kappa shape index (κ1) is 26.0. The van der Waals surface area contributed by atoms with Gasteiger partial charge in [-0.2, -0.15) is 0 Å². The lowest BCUT2D eigenvalue weighted by molar-refractivity contribution is 0.674. The van der Waals surface area contributed by atoms with Gasteiger partial charge in [-0.3, -0.25) is 4.98 Å². The molecule has 10 rings (SSSR count). The fourth-order valence-electron chi connectivity index (χ4n) is 7.26. The Morgan fingerprint density at radius 2 is 1.04 bits per heavy atom. The molecule has 0 saturated carbocycles. The standard InChI is InChI=1S/C44H26N2O/c1-2-14-32-27(9-1)10-6-17-33(32)36-18-7-19-37-39-26-38(34-15-3-4-16-35(34)44(39)47-43(36)37)30-11-5-12-31(25-30)40-23-22-29-21-20-28-13-8-24-45-41(28)42(29)46-40/h1-26H. The summed E-state index contributed by atoms with van der Waals surface area (Å²) in [6, 6.07) is 53.7. The average molecular weight is 599 g/mol. The molecule has 0 atom stereocenters. The molecule has 0 aliphatic heterocycles. The van der Waals surface area contributed by atoms with E-state index in [0.717, 1.165) is 76.9 Å². The van der Waals surface area contributed by atoms with E-state index in [1.807, 2.05) is 12.3 Å². The van der Waals surface area contributed by atoms with Gasteiger partial charge in [0, 0.05) is 44.3 Å². The number of furan rings is 1.